The van der Waals surface area contributed by atoms with E-state index in [4.69, 9.17) is 16.3 Å². The van der Waals surface area contributed by atoms with Crippen molar-refractivity contribution in [2.75, 3.05) is 19.0 Å². The molecule has 0 aliphatic carbocycles. The molecule has 0 unspecified atom stereocenters. The van der Waals surface area contributed by atoms with E-state index in [1.54, 1.807) is 48.5 Å². The van der Waals surface area contributed by atoms with Crippen LogP contribution in [0.5, 0.6) is 11.6 Å². The van der Waals surface area contributed by atoms with Crippen molar-refractivity contribution in [1.29, 1.82) is 0 Å². The molecule has 0 aliphatic rings. The van der Waals surface area contributed by atoms with Crippen LogP contribution in [-0.4, -0.2) is 46.3 Å². The average Bonchev–Trinajstić information content (AvgIpc) is 2.89. The minimum absolute atomic E-state index is 0.0123. The number of benzene rings is 2. The highest BCUT2D eigenvalue weighted by Gasteiger charge is 2.23. The molecule has 0 aliphatic heterocycles. The third-order valence-corrected chi connectivity index (χ3v) is 5.21. The smallest absolute Gasteiger partial charge is 0.307 e. The molecule has 0 saturated carbocycles. The van der Waals surface area contributed by atoms with E-state index in [0.717, 1.165) is 5.56 Å². The van der Waals surface area contributed by atoms with Gasteiger partial charge in [0.2, 0.25) is 11.8 Å². The van der Waals surface area contributed by atoms with Crippen LogP contribution in [0.25, 0.3) is 0 Å². The number of esters is 1. The number of carbonyl (C=O) groups is 2. The largest absolute Gasteiger partial charge is 0.492 e. The number of methoxy groups -OCH3 is 1. The maximum absolute atomic E-state index is 13.4. The standard InChI is InChI=1S/C25H27ClN4O6.C2H6/c1-15(2)36-19-10-8-18(9-11-19)28-25-29-23(33)21(22(32)27-13-12-20(31)35-3)24(34)30(25)14-16-4-6-17(26)7-5-16;1-2/h4-11,15,33H,12-14H2,1-3H3,(H,27,32)(H,28,29);1-2H3. The Hall–Kier alpha value is -4.05. The topological polar surface area (TPSA) is 132 Å². The van der Waals surface area contributed by atoms with E-state index in [-0.39, 0.29) is 31.6 Å². The van der Waals surface area contributed by atoms with E-state index < -0.39 is 28.9 Å². The average molecular weight is 545 g/mol. The second-order valence-corrected chi connectivity index (χ2v) is 8.49. The van der Waals surface area contributed by atoms with Gasteiger partial charge in [0.05, 0.1) is 26.2 Å². The molecule has 0 atom stereocenters. The van der Waals surface area contributed by atoms with Gasteiger partial charge in [-0.2, -0.15) is 4.98 Å². The van der Waals surface area contributed by atoms with Crippen LogP contribution in [0, 0.1) is 0 Å². The van der Waals surface area contributed by atoms with E-state index in [1.165, 1.54) is 11.7 Å². The Labute approximate surface area is 226 Å². The Balaban J connectivity index is 0.00000247. The molecule has 0 radical (unpaired) electrons. The lowest BCUT2D eigenvalue weighted by Crippen LogP contribution is -2.35. The molecule has 1 heterocycles. The van der Waals surface area contributed by atoms with Crippen molar-refractivity contribution in [2.45, 2.75) is 46.8 Å². The molecule has 1 amide bonds. The second kappa shape index (κ2) is 14.6. The van der Waals surface area contributed by atoms with Crippen molar-refractivity contribution in [3.63, 3.8) is 0 Å². The summed E-state index contributed by atoms with van der Waals surface area (Å²) < 4.78 is 11.4. The molecule has 0 fully saturated rings. The molecule has 3 rings (SSSR count). The summed E-state index contributed by atoms with van der Waals surface area (Å²) in [5.41, 5.74) is -0.0114. The SMILES string of the molecule is CC.COC(=O)CCNC(=O)c1c(O)nc(Nc2ccc(OC(C)C)cc2)n(Cc2ccc(Cl)cc2)c1=O. The summed E-state index contributed by atoms with van der Waals surface area (Å²) in [6.45, 7) is 7.80. The number of hydrogen-bond acceptors (Lipinski definition) is 8. The van der Waals surface area contributed by atoms with Gasteiger partial charge in [-0.25, -0.2) is 0 Å². The van der Waals surface area contributed by atoms with Gasteiger partial charge in [-0.15, -0.1) is 0 Å². The lowest BCUT2D eigenvalue weighted by molar-refractivity contribution is -0.140. The van der Waals surface area contributed by atoms with Crippen LogP contribution in [0.4, 0.5) is 11.6 Å². The minimum Gasteiger partial charge on any atom is -0.492 e. The Bertz CT molecular complexity index is 1270. The fourth-order valence-corrected chi connectivity index (χ4v) is 3.37. The molecule has 1 aromatic heterocycles. The van der Waals surface area contributed by atoms with Crippen LogP contribution in [0.1, 0.15) is 50.0 Å². The molecule has 204 valence electrons. The van der Waals surface area contributed by atoms with Crippen LogP contribution in [0.2, 0.25) is 5.02 Å². The number of nitrogens with one attached hydrogen (secondary N) is 2. The predicted octanol–water partition coefficient (Wildman–Crippen LogP) is 4.50. The van der Waals surface area contributed by atoms with E-state index >= 15 is 0 Å². The van der Waals surface area contributed by atoms with Gasteiger partial charge in [0.25, 0.3) is 11.5 Å². The fraction of sp³-hybridized carbons (Fsp3) is 0.333. The van der Waals surface area contributed by atoms with Crippen LogP contribution in [0.15, 0.2) is 53.3 Å². The Morgan fingerprint density at radius 3 is 2.29 bits per heavy atom. The number of nitrogens with zero attached hydrogens (tertiary/aromatic N) is 2. The van der Waals surface area contributed by atoms with Crippen LogP contribution in [-0.2, 0) is 16.1 Å². The van der Waals surface area contributed by atoms with Gasteiger partial charge in [0.1, 0.15) is 5.75 Å². The van der Waals surface area contributed by atoms with Crippen molar-refractivity contribution < 1.29 is 24.2 Å². The molecule has 0 spiro atoms. The third-order valence-electron chi connectivity index (χ3n) is 4.96. The molecule has 3 aromatic rings. The number of aromatic hydroxyl groups is 1. The number of hydrogen-bond donors (Lipinski definition) is 3. The number of rotatable bonds is 10. The maximum Gasteiger partial charge on any atom is 0.307 e. The van der Waals surface area contributed by atoms with E-state index in [0.29, 0.717) is 16.5 Å². The van der Waals surface area contributed by atoms with Gasteiger partial charge < -0.3 is 25.2 Å². The molecule has 0 bridgehead atoms. The zero-order chi connectivity index (χ0) is 28.2. The first-order valence-electron chi connectivity index (χ1n) is 12.1. The third kappa shape index (κ3) is 8.52. The first kappa shape index (κ1) is 30.2. The first-order chi connectivity index (χ1) is 18.2. The summed E-state index contributed by atoms with van der Waals surface area (Å²) in [4.78, 5) is 41.4. The molecule has 11 heteroatoms. The van der Waals surface area contributed by atoms with Gasteiger partial charge in [-0.1, -0.05) is 37.6 Å². The van der Waals surface area contributed by atoms with Gasteiger partial charge in [-0.3, -0.25) is 19.0 Å². The van der Waals surface area contributed by atoms with Gasteiger partial charge in [0.15, 0.2) is 5.56 Å². The van der Waals surface area contributed by atoms with Crippen LogP contribution < -0.4 is 20.9 Å². The number of ether oxygens (including phenoxy) is 2. The number of halogens is 1. The summed E-state index contributed by atoms with van der Waals surface area (Å²) in [6, 6.07) is 13.8. The normalized spacial score (nSPS) is 10.3. The summed E-state index contributed by atoms with van der Waals surface area (Å²) in [5.74, 6) is -1.44. The zero-order valence-corrected chi connectivity index (χ0v) is 22.8. The predicted molar refractivity (Wildman–Crippen MR) is 147 cm³/mol. The van der Waals surface area contributed by atoms with Crippen molar-refractivity contribution in [1.82, 2.24) is 14.9 Å². The highest BCUT2D eigenvalue weighted by Crippen LogP contribution is 2.22. The highest BCUT2D eigenvalue weighted by molar-refractivity contribution is 6.30. The molecule has 10 nitrogen and oxygen atoms in total. The van der Waals surface area contributed by atoms with Crippen LogP contribution >= 0.6 is 11.6 Å². The van der Waals surface area contributed by atoms with Gasteiger partial charge in [-0.05, 0) is 55.8 Å². The molecule has 38 heavy (non-hydrogen) atoms. The lowest BCUT2D eigenvalue weighted by atomic mass is 10.2. The Morgan fingerprint density at radius 1 is 1.08 bits per heavy atom. The van der Waals surface area contributed by atoms with E-state index in [1.807, 2.05) is 27.7 Å². The van der Waals surface area contributed by atoms with Crippen molar-refractivity contribution in [3.05, 3.63) is 75.0 Å². The monoisotopic (exact) mass is 544 g/mol. The summed E-state index contributed by atoms with van der Waals surface area (Å²) in [6.07, 6.45) is -0.0794. The minimum atomic E-state index is -0.861. The first-order valence-corrected chi connectivity index (χ1v) is 12.5. The molecule has 3 N–H and O–H groups in total. The number of anilines is 2. The molecule has 0 saturated heterocycles. The van der Waals surface area contributed by atoms with Gasteiger partial charge in [0, 0.05) is 17.3 Å². The number of carbonyl (C=O) groups excluding carboxylic acids is 2. The second-order valence-electron chi connectivity index (χ2n) is 8.05. The molecular formula is C27H33ClN4O6. The fourth-order valence-electron chi connectivity index (χ4n) is 3.24. The maximum atomic E-state index is 13.4. The lowest BCUT2D eigenvalue weighted by Gasteiger charge is -2.17. The quantitative estimate of drug-likeness (QED) is 0.318. The molecule has 2 aromatic carbocycles. The number of aromatic nitrogens is 2. The summed E-state index contributed by atoms with van der Waals surface area (Å²) in [5, 5.41) is 16.5. The molecular weight excluding hydrogens is 512 g/mol. The van der Waals surface area contributed by atoms with Crippen LogP contribution in [0.3, 0.4) is 0 Å². The summed E-state index contributed by atoms with van der Waals surface area (Å²) in [7, 11) is 1.23. The van der Waals surface area contributed by atoms with Crippen molar-refractivity contribution >= 4 is 35.1 Å². The Kier molecular flexibility index (Phi) is 11.6. The zero-order valence-electron chi connectivity index (χ0n) is 22.1. The van der Waals surface area contributed by atoms with Gasteiger partial charge >= 0.3 is 5.97 Å². The number of amides is 1. The van der Waals surface area contributed by atoms with Crippen molar-refractivity contribution in [3.8, 4) is 11.6 Å². The van der Waals surface area contributed by atoms with E-state index in [9.17, 15) is 19.5 Å². The highest BCUT2D eigenvalue weighted by atomic mass is 35.5. The van der Waals surface area contributed by atoms with E-state index in [2.05, 4.69) is 20.4 Å². The Morgan fingerprint density at radius 2 is 1.71 bits per heavy atom. The summed E-state index contributed by atoms with van der Waals surface area (Å²) >= 11 is 5.98. The van der Waals surface area contributed by atoms with Crippen molar-refractivity contribution in [2.24, 2.45) is 0 Å².